The lowest BCUT2D eigenvalue weighted by Crippen LogP contribution is -2.32. The molecule has 0 saturated carbocycles. The molecule has 0 aliphatic carbocycles. The first-order valence-corrected chi connectivity index (χ1v) is 4.04. The molecule has 0 heterocycles. The molecule has 68 valence electrons. The standard InChI is InChI=1S/C8H14N2O2/c1-3-10(7-5-6-9)8(11)12-4-2/h3-5,7H2,1-2H3. The molecule has 0 aliphatic rings. The average molecular weight is 170 g/mol. The molecule has 0 N–H and O–H groups in total. The monoisotopic (exact) mass is 170 g/mol. The zero-order chi connectivity index (χ0) is 9.40. The molecule has 0 aliphatic heterocycles. The van der Waals surface area contributed by atoms with Crippen LogP contribution < -0.4 is 0 Å². The van der Waals surface area contributed by atoms with E-state index < -0.39 is 0 Å². The fourth-order valence-electron chi connectivity index (χ4n) is 0.778. The van der Waals surface area contributed by atoms with Crippen LogP contribution in [0.3, 0.4) is 0 Å². The number of carbonyl (C=O) groups excluding carboxylic acids is 1. The van der Waals surface area contributed by atoms with Gasteiger partial charge in [0.25, 0.3) is 0 Å². The van der Waals surface area contributed by atoms with Crippen LogP contribution in [0.15, 0.2) is 0 Å². The van der Waals surface area contributed by atoms with Gasteiger partial charge in [0.2, 0.25) is 0 Å². The molecule has 0 radical (unpaired) electrons. The topological polar surface area (TPSA) is 53.3 Å². The summed E-state index contributed by atoms with van der Waals surface area (Å²) < 4.78 is 4.77. The van der Waals surface area contributed by atoms with E-state index in [2.05, 4.69) is 0 Å². The number of nitrogens with zero attached hydrogens (tertiary/aromatic N) is 2. The first-order chi connectivity index (χ1) is 5.76. The van der Waals surface area contributed by atoms with Gasteiger partial charge in [-0.25, -0.2) is 4.79 Å². The molecule has 0 aromatic carbocycles. The van der Waals surface area contributed by atoms with Gasteiger partial charge >= 0.3 is 6.09 Å². The Bertz CT molecular complexity index is 174. The second kappa shape index (κ2) is 6.47. The van der Waals surface area contributed by atoms with Crippen molar-refractivity contribution in [1.29, 1.82) is 5.26 Å². The second-order valence-electron chi connectivity index (χ2n) is 2.19. The Kier molecular flexibility index (Phi) is 5.80. The Hall–Kier alpha value is -1.24. The highest BCUT2D eigenvalue weighted by Crippen LogP contribution is 1.95. The third-order valence-electron chi connectivity index (χ3n) is 1.40. The third-order valence-corrected chi connectivity index (χ3v) is 1.40. The van der Waals surface area contributed by atoms with Crippen molar-refractivity contribution < 1.29 is 9.53 Å². The maximum atomic E-state index is 11.1. The lowest BCUT2D eigenvalue weighted by Gasteiger charge is -2.17. The van der Waals surface area contributed by atoms with Crippen molar-refractivity contribution in [3.8, 4) is 6.07 Å². The van der Waals surface area contributed by atoms with Gasteiger partial charge in [0.15, 0.2) is 0 Å². The zero-order valence-electron chi connectivity index (χ0n) is 7.54. The van der Waals surface area contributed by atoms with Crippen molar-refractivity contribution in [2.24, 2.45) is 0 Å². The van der Waals surface area contributed by atoms with Crippen LogP contribution in [0.25, 0.3) is 0 Å². The number of nitriles is 1. The Labute approximate surface area is 72.7 Å². The van der Waals surface area contributed by atoms with Crippen LogP contribution in [0, 0.1) is 11.3 Å². The van der Waals surface area contributed by atoms with E-state index in [4.69, 9.17) is 10.00 Å². The number of carbonyl (C=O) groups is 1. The van der Waals surface area contributed by atoms with Crippen molar-refractivity contribution in [3.63, 3.8) is 0 Å². The third kappa shape index (κ3) is 3.81. The summed E-state index contributed by atoms with van der Waals surface area (Å²) in [6.45, 7) is 5.03. The summed E-state index contributed by atoms with van der Waals surface area (Å²) in [5.41, 5.74) is 0. The summed E-state index contributed by atoms with van der Waals surface area (Å²) in [6.07, 6.45) is 0.0161. The molecule has 0 unspecified atom stereocenters. The van der Waals surface area contributed by atoms with Gasteiger partial charge in [-0.05, 0) is 13.8 Å². The van der Waals surface area contributed by atoms with E-state index in [-0.39, 0.29) is 6.09 Å². The molecule has 4 heteroatoms. The predicted molar refractivity (Wildman–Crippen MR) is 44.5 cm³/mol. The van der Waals surface area contributed by atoms with Crippen LogP contribution in [0.2, 0.25) is 0 Å². The van der Waals surface area contributed by atoms with Crippen LogP contribution in [0.1, 0.15) is 20.3 Å². The highest BCUT2D eigenvalue weighted by atomic mass is 16.6. The van der Waals surface area contributed by atoms with Crippen LogP contribution in [0.4, 0.5) is 4.79 Å². The molecule has 12 heavy (non-hydrogen) atoms. The summed E-state index contributed by atoms with van der Waals surface area (Å²) in [5, 5.41) is 8.29. The molecule has 4 nitrogen and oxygen atoms in total. The van der Waals surface area contributed by atoms with E-state index in [1.54, 1.807) is 6.92 Å². The van der Waals surface area contributed by atoms with Gasteiger partial charge in [-0.2, -0.15) is 5.26 Å². The normalized spacial score (nSPS) is 8.75. The van der Waals surface area contributed by atoms with Gasteiger partial charge in [0.1, 0.15) is 0 Å². The Morgan fingerprint density at radius 3 is 2.67 bits per heavy atom. The fourth-order valence-corrected chi connectivity index (χ4v) is 0.778. The molecule has 0 aromatic rings. The van der Waals surface area contributed by atoms with Gasteiger partial charge in [-0.1, -0.05) is 0 Å². The summed E-state index contributed by atoms with van der Waals surface area (Å²) in [7, 11) is 0. The Morgan fingerprint density at radius 1 is 1.58 bits per heavy atom. The van der Waals surface area contributed by atoms with E-state index in [1.165, 1.54) is 4.90 Å². The minimum atomic E-state index is -0.338. The first kappa shape index (κ1) is 10.8. The van der Waals surface area contributed by atoms with Crippen LogP contribution in [-0.4, -0.2) is 30.7 Å². The Morgan fingerprint density at radius 2 is 2.25 bits per heavy atom. The van der Waals surface area contributed by atoms with E-state index in [0.717, 1.165) is 0 Å². The van der Waals surface area contributed by atoms with Gasteiger partial charge in [-0.15, -0.1) is 0 Å². The van der Waals surface area contributed by atoms with E-state index in [9.17, 15) is 4.79 Å². The molecule has 0 spiro atoms. The molecule has 0 bridgehead atoms. The van der Waals surface area contributed by atoms with Crippen molar-refractivity contribution in [3.05, 3.63) is 0 Å². The molecule has 0 saturated heterocycles. The number of rotatable bonds is 4. The van der Waals surface area contributed by atoms with Gasteiger partial charge < -0.3 is 9.64 Å². The van der Waals surface area contributed by atoms with E-state index in [1.807, 2.05) is 13.0 Å². The summed E-state index contributed by atoms with van der Waals surface area (Å²) in [4.78, 5) is 12.6. The number of amides is 1. The summed E-state index contributed by atoms with van der Waals surface area (Å²) in [5.74, 6) is 0. The van der Waals surface area contributed by atoms with Crippen molar-refractivity contribution in [2.75, 3.05) is 19.7 Å². The highest BCUT2D eigenvalue weighted by molar-refractivity contribution is 5.67. The maximum absolute atomic E-state index is 11.1. The quantitative estimate of drug-likeness (QED) is 0.640. The van der Waals surface area contributed by atoms with Crippen molar-refractivity contribution in [1.82, 2.24) is 4.90 Å². The van der Waals surface area contributed by atoms with Crippen LogP contribution >= 0.6 is 0 Å². The molecule has 0 atom stereocenters. The van der Waals surface area contributed by atoms with Gasteiger partial charge in [0.05, 0.1) is 19.1 Å². The van der Waals surface area contributed by atoms with Crippen LogP contribution in [0.5, 0.6) is 0 Å². The molecule has 0 aromatic heterocycles. The van der Waals surface area contributed by atoms with E-state index in [0.29, 0.717) is 26.1 Å². The summed E-state index contributed by atoms with van der Waals surface area (Å²) >= 11 is 0. The molecule has 0 rings (SSSR count). The largest absolute Gasteiger partial charge is 0.450 e. The maximum Gasteiger partial charge on any atom is 0.409 e. The number of ether oxygens (including phenoxy) is 1. The lowest BCUT2D eigenvalue weighted by molar-refractivity contribution is 0.110. The molecule has 0 fully saturated rings. The minimum absolute atomic E-state index is 0.338. The van der Waals surface area contributed by atoms with Gasteiger partial charge in [-0.3, -0.25) is 0 Å². The lowest BCUT2D eigenvalue weighted by atomic mass is 10.4. The molecule has 1 amide bonds. The summed E-state index contributed by atoms with van der Waals surface area (Å²) in [6, 6.07) is 1.98. The Balaban J connectivity index is 3.80. The van der Waals surface area contributed by atoms with Crippen molar-refractivity contribution in [2.45, 2.75) is 20.3 Å². The van der Waals surface area contributed by atoms with Crippen molar-refractivity contribution >= 4 is 6.09 Å². The predicted octanol–water partition coefficient (Wildman–Crippen LogP) is 1.38. The SMILES string of the molecule is CCOC(=O)N(CC)CCC#N. The molecular weight excluding hydrogens is 156 g/mol. The molecular formula is C8H14N2O2. The highest BCUT2D eigenvalue weighted by Gasteiger charge is 2.10. The first-order valence-electron chi connectivity index (χ1n) is 4.04. The van der Waals surface area contributed by atoms with E-state index >= 15 is 0 Å². The second-order valence-corrected chi connectivity index (χ2v) is 2.19. The fraction of sp³-hybridized carbons (Fsp3) is 0.750. The zero-order valence-corrected chi connectivity index (χ0v) is 7.54. The van der Waals surface area contributed by atoms with Crippen LogP contribution in [-0.2, 0) is 4.74 Å². The average Bonchev–Trinajstić information content (AvgIpc) is 2.06. The van der Waals surface area contributed by atoms with Gasteiger partial charge in [0, 0.05) is 13.1 Å². The number of hydrogen-bond donors (Lipinski definition) is 0. The smallest absolute Gasteiger partial charge is 0.409 e. The number of hydrogen-bond acceptors (Lipinski definition) is 3. The minimum Gasteiger partial charge on any atom is -0.450 e.